The van der Waals surface area contributed by atoms with Gasteiger partial charge in [-0.2, -0.15) is 5.26 Å². The molecule has 0 aliphatic heterocycles. The first kappa shape index (κ1) is 12.6. The Morgan fingerprint density at radius 2 is 2.00 bits per heavy atom. The molecule has 0 unspecified atom stereocenters. The first-order valence-corrected chi connectivity index (χ1v) is 5.51. The molecule has 0 saturated carbocycles. The Kier molecular flexibility index (Phi) is 2.97. The van der Waals surface area contributed by atoms with Crippen LogP contribution in [0, 0.1) is 25.2 Å². The molecule has 6 heteroatoms. The van der Waals surface area contributed by atoms with Crippen LogP contribution in [0.15, 0.2) is 27.8 Å². The summed E-state index contributed by atoms with van der Waals surface area (Å²) >= 11 is 0. The summed E-state index contributed by atoms with van der Waals surface area (Å²) in [5.74, 6) is -0.424. The van der Waals surface area contributed by atoms with Crippen LogP contribution in [-0.2, 0) is 0 Å². The summed E-state index contributed by atoms with van der Waals surface area (Å²) in [6, 6.07) is 6.72. The molecule has 19 heavy (non-hydrogen) atoms. The minimum absolute atomic E-state index is 0.0429. The summed E-state index contributed by atoms with van der Waals surface area (Å²) in [4.78, 5) is 25.3. The molecule has 0 bridgehead atoms. The maximum absolute atomic E-state index is 11.8. The Labute approximate surface area is 108 Å². The molecule has 0 saturated heterocycles. The summed E-state index contributed by atoms with van der Waals surface area (Å²) in [5.41, 5.74) is 0.0833. The minimum Gasteiger partial charge on any atom is -0.494 e. The summed E-state index contributed by atoms with van der Waals surface area (Å²) in [5, 5.41) is 18.8. The van der Waals surface area contributed by atoms with Crippen LogP contribution in [0.4, 0.5) is 0 Å². The second kappa shape index (κ2) is 4.46. The molecule has 0 amide bonds. The number of aromatic nitrogens is 2. The normalized spacial score (nSPS) is 10.2. The molecule has 0 aliphatic carbocycles. The van der Waals surface area contributed by atoms with Crippen LogP contribution in [-0.4, -0.2) is 14.7 Å². The van der Waals surface area contributed by atoms with Gasteiger partial charge >= 0.3 is 5.69 Å². The number of benzene rings is 1. The van der Waals surface area contributed by atoms with Crippen molar-refractivity contribution in [1.82, 2.24) is 9.55 Å². The molecule has 0 spiro atoms. The van der Waals surface area contributed by atoms with Crippen LogP contribution in [0.2, 0.25) is 0 Å². The third kappa shape index (κ3) is 2.02. The number of rotatable bonds is 1. The summed E-state index contributed by atoms with van der Waals surface area (Å²) in [6.45, 7) is 3.15. The Hall–Kier alpha value is -2.81. The molecule has 0 aliphatic rings. The van der Waals surface area contributed by atoms with Crippen molar-refractivity contribution in [3.8, 4) is 17.6 Å². The second-order valence-electron chi connectivity index (χ2n) is 4.16. The van der Waals surface area contributed by atoms with Crippen LogP contribution < -0.4 is 11.2 Å². The number of hydrogen-bond donors (Lipinski definition) is 2. The van der Waals surface area contributed by atoms with E-state index in [4.69, 9.17) is 5.26 Å². The molecule has 2 N–H and O–H groups in total. The van der Waals surface area contributed by atoms with Crippen LogP contribution >= 0.6 is 0 Å². The fourth-order valence-corrected chi connectivity index (χ4v) is 1.76. The van der Waals surface area contributed by atoms with Crippen molar-refractivity contribution in [2.24, 2.45) is 0 Å². The SMILES string of the molecule is Cc1ccc(C#N)cc1-n1c(O)c(C)c(=O)[nH]c1=O. The molecule has 2 aromatic rings. The lowest BCUT2D eigenvalue weighted by molar-refractivity contribution is 0.426. The Morgan fingerprint density at radius 1 is 1.32 bits per heavy atom. The van der Waals surface area contributed by atoms with Gasteiger partial charge in [-0.3, -0.25) is 9.78 Å². The van der Waals surface area contributed by atoms with E-state index in [9.17, 15) is 14.7 Å². The van der Waals surface area contributed by atoms with Crippen LogP contribution in [0.5, 0.6) is 5.88 Å². The average molecular weight is 257 g/mol. The third-order valence-corrected chi connectivity index (χ3v) is 2.89. The number of nitrogens with one attached hydrogen (secondary N) is 1. The fraction of sp³-hybridized carbons (Fsp3) is 0.154. The smallest absolute Gasteiger partial charge is 0.335 e. The average Bonchev–Trinajstić information content (AvgIpc) is 2.38. The molecule has 1 aromatic carbocycles. The van der Waals surface area contributed by atoms with E-state index in [-0.39, 0.29) is 5.56 Å². The number of aromatic amines is 1. The van der Waals surface area contributed by atoms with E-state index >= 15 is 0 Å². The van der Waals surface area contributed by atoms with Crippen molar-refractivity contribution in [1.29, 1.82) is 5.26 Å². The van der Waals surface area contributed by atoms with Gasteiger partial charge in [-0.05, 0) is 31.5 Å². The number of nitrogens with zero attached hydrogens (tertiary/aromatic N) is 2. The lowest BCUT2D eigenvalue weighted by Gasteiger charge is -2.12. The van der Waals surface area contributed by atoms with Gasteiger partial charge < -0.3 is 5.11 Å². The fourth-order valence-electron chi connectivity index (χ4n) is 1.76. The Morgan fingerprint density at radius 3 is 2.63 bits per heavy atom. The second-order valence-corrected chi connectivity index (χ2v) is 4.16. The third-order valence-electron chi connectivity index (χ3n) is 2.89. The van der Waals surface area contributed by atoms with E-state index in [1.165, 1.54) is 13.0 Å². The van der Waals surface area contributed by atoms with Crippen molar-refractivity contribution in [2.45, 2.75) is 13.8 Å². The summed E-state index contributed by atoms with van der Waals surface area (Å²) in [6.07, 6.45) is 0. The number of hydrogen-bond acceptors (Lipinski definition) is 4. The van der Waals surface area contributed by atoms with E-state index in [0.717, 1.165) is 4.57 Å². The van der Waals surface area contributed by atoms with E-state index in [0.29, 0.717) is 16.8 Å². The van der Waals surface area contributed by atoms with Gasteiger partial charge in [0.25, 0.3) is 5.56 Å². The van der Waals surface area contributed by atoms with Gasteiger partial charge in [0.15, 0.2) is 0 Å². The molecule has 0 atom stereocenters. The van der Waals surface area contributed by atoms with Crippen molar-refractivity contribution < 1.29 is 5.11 Å². The van der Waals surface area contributed by atoms with Crippen LogP contribution in [0.1, 0.15) is 16.7 Å². The first-order valence-electron chi connectivity index (χ1n) is 5.51. The zero-order valence-electron chi connectivity index (χ0n) is 10.4. The Bertz CT molecular complexity index is 809. The lowest BCUT2D eigenvalue weighted by atomic mass is 10.1. The van der Waals surface area contributed by atoms with Gasteiger partial charge in [0.1, 0.15) is 0 Å². The molecule has 96 valence electrons. The number of aromatic hydroxyl groups is 1. The Balaban J connectivity index is 2.88. The highest BCUT2D eigenvalue weighted by atomic mass is 16.3. The van der Waals surface area contributed by atoms with Gasteiger partial charge in [0.05, 0.1) is 22.9 Å². The molecule has 2 rings (SSSR count). The monoisotopic (exact) mass is 257 g/mol. The van der Waals surface area contributed by atoms with Crippen LogP contribution in [0.3, 0.4) is 0 Å². The number of aryl methyl sites for hydroxylation is 1. The highest BCUT2D eigenvalue weighted by Crippen LogP contribution is 2.20. The van der Waals surface area contributed by atoms with Crippen molar-refractivity contribution in [3.05, 3.63) is 55.7 Å². The topological polar surface area (TPSA) is 98.9 Å². The van der Waals surface area contributed by atoms with Crippen molar-refractivity contribution in [2.75, 3.05) is 0 Å². The number of H-pyrrole nitrogens is 1. The zero-order valence-corrected chi connectivity index (χ0v) is 10.4. The predicted molar refractivity (Wildman–Crippen MR) is 68.5 cm³/mol. The molecule has 6 nitrogen and oxygen atoms in total. The molecular formula is C13H11N3O3. The van der Waals surface area contributed by atoms with E-state index in [1.54, 1.807) is 19.1 Å². The molecule has 0 fully saturated rings. The van der Waals surface area contributed by atoms with Crippen molar-refractivity contribution >= 4 is 0 Å². The van der Waals surface area contributed by atoms with Crippen molar-refractivity contribution in [3.63, 3.8) is 0 Å². The van der Waals surface area contributed by atoms with Crippen LogP contribution in [0.25, 0.3) is 5.69 Å². The largest absolute Gasteiger partial charge is 0.494 e. The predicted octanol–water partition coefficient (Wildman–Crippen LogP) is 0.720. The van der Waals surface area contributed by atoms with Gasteiger partial charge in [-0.25, -0.2) is 9.36 Å². The molecular weight excluding hydrogens is 246 g/mol. The molecule has 1 aromatic heterocycles. The zero-order chi connectivity index (χ0) is 14.2. The van der Waals surface area contributed by atoms with E-state index < -0.39 is 17.1 Å². The van der Waals surface area contributed by atoms with Gasteiger partial charge in [0, 0.05) is 0 Å². The summed E-state index contributed by atoms with van der Waals surface area (Å²) < 4.78 is 0.979. The van der Waals surface area contributed by atoms with E-state index in [1.807, 2.05) is 6.07 Å². The highest BCUT2D eigenvalue weighted by Gasteiger charge is 2.14. The quantitative estimate of drug-likeness (QED) is 0.786. The highest BCUT2D eigenvalue weighted by molar-refractivity contribution is 5.49. The van der Waals surface area contributed by atoms with E-state index in [2.05, 4.69) is 4.98 Å². The minimum atomic E-state index is -0.744. The lowest BCUT2D eigenvalue weighted by Crippen LogP contribution is -2.30. The number of nitriles is 1. The first-order chi connectivity index (χ1) is 8.95. The molecule has 0 radical (unpaired) electrons. The van der Waals surface area contributed by atoms with Gasteiger partial charge in [0.2, 0.25) is 5.88 Å². The van der Waals surface area contributed by atoms with Gasteiger partial charge in [-0.1, -0.05) is 6.07 Å². The molecule has 1 heterocycles. The van der Waals surface area contributed by atoms with Gasteiger partial charge in [-0.15, -0.1) is 0 Å². The maximum Gasteiger partial charge on any atom is 0.335 e. The summed E-state index contributed by atoms with van der Waals surface area (Å²) in [7, 11) is 0. The maximum atomic E-state index is 11.8. The standard InChI is InChI=1S/C13H11N3O3/c1-7-3-4-9(6-14)5-10(7)16-12(18)8(2)11(17)15-13(16)19/h3-5,18H,1-2H3,(H,15,17,19).